The molecule has 17 heteroatoms. The van der Waals surface area contributed by atoms with Crippen molar-refractivity contribution >= 4 is 49.9 Å². The SMILES string of the molecule is C[C@@H]1CN(CCOc2ccc(Oc3c(-c4ccc(S(C)(=O)=O)cc4)ccc4cc(O)ccc34)cc2)[C@@H](C)CN1CCOCC(=O)N1CCN(c2ccc3c(c2)CN(C2CCC(=O)NC2=O)C3=O)CC1. The minimum atomic E-state index is -3.35. The average Bonchev–Trinajstić information content (AvgIpc) is 3.66. The molecule has 0 aliphatic carbocycles. The van der Waals surface area contributed by atoms with E-state index in [1.54, 1.807) is 41.3 Å². The maximum Gasteiger partial charge on any atom is 0.255 e. The van der Waals surface area contributed by atoms with E-state index >= 15 is 0 Å². The number of rotatable bonds is 15. The summed E-state index contributed by atoms with van der Waals surface area (Å²) >= 11 is 0. The Morgan fingerprint density at radius 3 is 2.16 bits per heavy atom. The van der Waals surface area contributed by atoms with Gasteiger partial charge in [-0.3, -0.25) is 34.3 Å². The number of amides is 4. The number of aromatic hydroxyl groups is 1. The lowest BCUT2D eigenvalue weighted by Crippen LogP contribution is -2.57. The highest BCUT2D eigenvalue weighted by Gasteiger charge is 2.39. The van der Waals surface area contributed by atoms with Crippen molar-refractivity contribution < 1.29 is 46.9 Å². The highest BCUT2D eigenvalue weighted by Crippen LogP contribution is 2.41. The van der Waals surface area contributed by atoms with Crippen molar-refractivity contribution in [3.05, 3.63) is 108 Å². The first-order chi connectivity index (χ1) is 33.2. The summed E-state index contributed by atoms with van der Waals surface area (Å²) in [6, 6.07) is 28.8. The molecule has 2 N–H and O–H groups in total. The smallest absolute Gasteiger partial charge is 0.255 e. The van der Waals surface area contributed by atoms with E-state index in [9.17, 15) is 32.7 Å². The number of fused-ring (bicyclic) bond motifs is 2. The number of phenolic OH excluding ortho intramolecular Hbond substituents is 1. The zero-order valence-corrected chi connectivity index (χ0v) is 40.0. The molecule has 3 saturated heterocycles. The van der Waals surface area contributed by atoms with Crippen LogP contribution < -0.4 is 19.7 Å². The molecule has 5 aromatic carbocycles. The van der Waals surface area contributed by atoms with Gasteiger partial charge < -0.3 is 34.0 Å². The van der Waals surface area contributed by atoms with Gasteiger partial charge in [0.25, 0.3) is 5.91 Å². The third-order valence-corrected chi connectivity index (χ3v) is 14.9. The van der Waals surface area contributed by atoms with E-state index in [4.69, 9.17) is 14.2 Å². The molecule has 1 unspecified atom stereocenters. The number of benzene rings is 5. The van der Waals surface area contributed by atoms with Gasteiger partial charge in [0.1, 0.15) is 42.3 Å². The molecule has 0 bridgehead atoms. The normalized spacial score (nSPS) is 20.3. The van der Waals surface area contributed by atoms with Gasteiger partial charge in [0.15, 0.2) is 9.84 Å². The summed E-state index contributed by atoms with van der Waals surface area (Å²) in [5.41, 5.74) is 3.98. The summed E-state index contributed by atoms with van der Waals surface area (Å²) in [5.74, 6) is 1.09. The van der Waals surface area contributed by atoms with Crippen LogP contribution in [0.5, 0.6) is 23.0 Å². The van der Waals surface area contributed by atoms with Gasteiger partial charge in [0.2, 0.25) is 17.7 Å². The number of hydrogen-bond acceptors (Lipinski definition) is 13. The first kappa shape index (κ1) is 47.5. The second-order valence-electron chi connectivity index (χ2n) is 18.4. The Labute approximate surface area is 402 Å². The molecule has 4 heterocycles. The van der Waals surface area contributed by atoms with Crippen molar-refractivity contribution in [1.82, 2.24) is 24.9 Å². The lowest BCUT2D eigenvalue weighted by molar-refractivity contribution is -0.137. The van der Waals surface area contributed by atoms with Crippen molar-refractivity contribution in [3.63, 3.8) is 0 Å². The third-order valence-electron chi connectivity index (χ3n) is 13.7. The van der Waals surface area contributed by atoms with Crippen LogP contribution >= 0.6 is 0 Å². The van der Waals surface area contributed by atoms with Gasteiger partial charge in [0.05, 0.1) is 11.5 Å². The summed E-state index contributed by atoms with van der Waals surface area (Å²) in [6.45, 7) is 11.4. The number of piperazine rings is 2. The molecule has 0 saturated carbocycles. The number of sulfone groups is 1. The van der Waals surface area contributed by atoms with Crippen LogP contribution in [0, 0.1) is 0 Å². The number of piperidine rings is 1. The van der Waals surface area contributed by atoms with Crippen LogP contribution in [0.2, 0.25) is 0 Å². The topological polar surface area (TPSA) is 179 Å². The van der Waals surface area contributed by atoms with Gasteiger partial charge in [-0.1, -0.05) is 18.2 Å². The Balaban J connectivity index is 0.693. The maximum absolute atomic E-state index is 13.1. The Morgan fingerprint density at radius 2 is 1.46 bits per heavy atom. The number of imide groups is 1. The van der Waals surface area contributed by atoms with Crippen LogP contribution in [0.1, 0.15) is 42.6 Å². The number of ether oxygens (including phenoxy) is 3. The number of hydrogen-bond donors (Lipinski definition) is 2. The van der Waals surface area contributed by atoms with Crippen LogP contribution in [0.25, 0.3) is 21.9 Å². The monoisotopic (exact) mass is 958 g/mol. The second kappa shape index (κ2) is 20.2. The molecular weight excluding hydrogens is 901 g/mol. The number of nitrogens with zero attached hydrogens (tertiary/aromatic N) is 5. The van der Waals surface area contributed by atoms with Gasteiger partial charge in [-0.15, -0.1) is 0 Å². The van der Waals surface area contributed by atoms with E-state index in [0.717, 1.165) is 59.3 Å². The van der Waals surface area contributed by atoms with Crippen molar-refractivity contribution in [2.75, 3.05) is 83.3 Å². The number of phenols is 1. The number of anilines is 1. The molecule has 3 fully saturated rings. The predicted octanol–water partition coefficient (Wildman–Crippen LogP) is 5.31. The summed E-state index contributed by atoms with van der Waals surface area (Å²) in [5, 5.41) is 14.1. The number of carbonyl (C=O) groups excluding carboxylic acids is 4. The van der Waals surface area contributed by atoms with E-state index in [-0.39, 0.29) is 41.4 Å². The molecule has 4 aliphatic rings. The van der Waals surface area contributed by atoms with Crippen LogP contribution in [0.15, 0.2) is 102 Å². The fourth-order valence-corrected chi connectivity index (χ4v) is 10.4. The van der Waals surface area contributed by atoms with Crippen LogP contribution in [0.4, 0.5) is 5.69 Å². The minimum absolute atomic E-state index is 0.0283. The molecule has 0 aromatic heterocycles. The van der Waals surface area contributed by atoms with E-state index in [1.807, 2.05) is 65.6 Å². The van der Waals surface area contributed by atoms with Crippen molar-refractivity contribution in [2.24, 2.45) is 0 Å². The summed E-state index contributed by atoms with van der Waals surface area (Å²) < 4.78 is 42.8. The predicted molar refractivity (Wildman–Crippen MR) is 260 cm³/mol. The Kier molecular flexibility index (Phi) is 13.9. The van der Waals surface area contributed by atoms with Gasteiger partial charge in [-0.25, -0.2) is 8.42 Å². The molecule has 9 rings (SSSR count). The maximum atomic E-state index is 13.1. The minimum Gasteiger partial charge on any atom is -0.508 e. The van der Waals surface area contributed by atoms with E-state index < -0.39 is 21.8 Å². The second-order valence-corrected chi connectivity index (χ2v) is 20.4. The van der Waals surface area contributed by atoms with Crippen molar-refractivity contribution in [1.29, 1.82) is 0 Å². The molecule has 0 radical (unpaired) electrons. The number of carbonyl (C=O) groups is 4. The van der Waals surface area contributed by atoms with Crippen LogP contribution in [0.3, 0.4) is 0 Å². The highest BCUT2D eigenvalue weighted by atomic mass is 32.2. The summed E-state index contributed by atoms with van der Waals surface area (Å²) in [7, 11) is -3.35. The first-order valence-electron chi connectivity index (χ1n) is 23.5. The fourth-order valence-electron chi connectivity index (χ4n) is 9.81. The van der Waals surface area contributed by atoms with Gasteiger partial charge in [-0.2, -0.15) is 0 Å². The van der Waals surface area contributed by atoms with Crippen molar-refractivity contribution in [3.8, 4) is 34.1 Å². The van der Waals surface area contributed by atoms with Gasteiger partial charge >= 0.3 is 0 Å². The van der Waals surface area contributed by atoms with E-state index in [1.165, 1.54) is 6.26 Å². The average molecular weight is 959 g/mol. The zero-order valence-electron chi connectivity index (χ0n) is 39.1. The van der Waals surface area contributed by atoms with Gasteiger partial charge in [0, 0.05) is 106 Å². The standard InChI is InChI=1S/C52H58N6O10S/c1-34-31-57(25-27-67-41-9-11-42(12-10-41)68-50-44(15-6-37-29-40(59)8-17-45(37)50)36-4-13-43(14-5-36)69(3,64)65)35(2)30-56(34)24-26-66-33-49(61)55-22-20-54(21-23-55)39-7-16-46-38(28-39)32-58(52(46)63)47-18-19-48(60)53-51(47)62/h4-17,28-29,34-35,47,59H,18-27,30-33H2,1-3H3,(H,53,60,62)/t34-,35+,47?/m1/s1. The van der Waals surface area contributed by atoms with E-state index in [0.29, 0.717) is 87.3 Å². The summed E-state index contributed by atoms with van der Waals surface area (Å²) in [4.78, 5) is 61.0. The third kappa shape index (κ3) is 10.7. The fraction of sp³-hybridized carbons (Fsp3) is 0.385. The summed E-state index contributed by atoms with van der Waals surface area (Å²) in [6.07, 6.45) is 1.72. The Bertz CT molecular complexity index is 2850. The number of nitrogens with one attached hydrogen (secondary N) is 1. The molecule has 69 heavy (non-hydrogen) atoms. The largest absolute Gasteiger partial charge is 0.508 e. The first-order valence-corrected chi connectivity index (χ1v) is 25.4. The lowest BCUT2D eigenvalue weighted by Gasteiger charge is -2.44. The van der Waals surface area contributed by atoms with Crippen LogP contribution in [-0.4, -0.2) is 153 Å². The highest BCUT2D eigenvalue weighted by molar-refractivity contribution is 7.90. The Morgan fingerprint density at radius 1 is 0.783 bits per heavy atom. The quantitative estimate of drug-likeness (QED) is 0.102. The molecule has 3 atom stereocenters. The molecule has 16 nitrogen and oxygen atoms in total. The molecule has 0 spiro atoms. The van der Waals surface area contributed by atoms with Crippen molar-refractivity contribution in [2.45, 2.75) is 56.3 Å². The molecule has 4 aliphatic heterocycles. The van der Waals surface area contributed by atoms with E-state index in [2.05, 4.69) is 33.9 Å². The lowest BCUT2D eigenvalue weighted by atomic mass is 9.99. The Hall–Kier alpha value is -6.53. The molecular formula is C52H58N6O10S. The zero-order chi connectivity index (χ0) is 48.4. The van der Waals surface area contributed by atoms with Gasteiger partial charge in [-0.05, 0) is 116 Å². The molecule has 4 amide bonds. The molecule has 5 aromatic rings. The molecule has 362 valence electrons. The van der Waals surface area contributed by atoms with Crippen LogP contribution in [-0.2, 0) is 35.5 Å².